The van der Waals surface area contributed by atoms with Crippen LogP contribution in [0.1, 0.15) is 5.56 Å². The Morgan fingerprint density at radius 1 is 1.10 bits per heavy atom. The molecule has 0 unspecified atom stereocenters. The largest absolute Gasteiger partial charge is 0.485 e. The van der Waals surface area contributed by atoms with Crippen molar-refractivity contribution in [3.8, 4) is 17.2 Å². The van der Waals surface area contributed by atoms with Crippen molar-refractivity contribution < 1.29 is 28.9 Å². The minimum absolute atomic E-state index is 0.0605. The maximum Gasteiger partial charge on any atom is 0.341 e. The number of benzene rings is 3. The molecule has 4 rings (SSSR count). The standard InChI is InChI=1S/C22H18N2O6/c25-21(26)13-29-17-8-4-3-7-16(17)11-23-24-22(27)20-12-28-18-9-14-5-1-2-6-15(14)10-19(18)30-20/h1-11,20H,12-13H2,(H,24,27)(H,25,26)/b23-11-/t20-/m1/s1. The molecule has 0 saturated carbocycles. The van der Waals surface area contributed by atoms with E-state index in [4.69, 9.17) is 19.3 Å². The number of rotatable bonds is 6. The third-order valence-electron chi connectivity index (χ3n) is 4.41. The summed E-state index contributed by atoms with van der Waals surface area (Å²) in [6.45, 7) is -0.413. The number of ether oxygens (including phenoxy) is 3. The molecule has 0 spiro atoms. The second-order valence-corrected chi connectivity index (χ2v) is 6.52. The van der Waals surface area contributed by atoms with Gasteiger partial charge in [-0.25, -0.2) is 10.2 Å². The van der Waals surface area contributed by atoms with Gasteiger partial charge in [0, 0.05) is 5.56 Å². The molecule has 0 aliphatic carbocycles. The summed E-state index contributed by atoms with van der Waals surface area (Å²) < 4.78 is 16.7. The van der Waals surface area contributed by atoms with E-state index in [0.717, 1.165) is 10.8 Å². The average Bonchev–Trinajstić information content (AvgIpc) is 2.76. The van der Waals surface area contributed by atoms with Crippen molar-refractivity contribution in [3.63, 3.8) is 0 Å². The van der Waals surface area contributed by atoms with Crippen LogP contribution in [-0.4, -0.2) is 42.5 Å². The van der Waals surface area contributed by atoms with Crippen LogP contribution in [-0.2, 0) is 9.59 Å². The van der Waals surface area contributed by atoms with Gasteiger partial charge in [-0.05, 0) is 35.0 Å². The van der Waals surface area contributed by atoms with Crippen LogP contribution >= 0.6 is 0 Å². The third-order valence-corrected chi connectivity index (χ3v) is 4.41. The molecular weight excluding hydrogens is 388 g/mol. The van der Waals surface area contributed by atoms with Crippen LogP contribution in [0, 0.1) is 0 Å². The fourth-order valence-corrected chi connectivity index (χ4v) is 2.98. The molecule has 3 aromatic carbocycles. The van der Waals surface area contributed by atoms with Crippen molar-refractivity contribution in [1.29, 1.82) is 0 Å². The molecular formula is C22H18N2O6. The minimum Gasteiger partial charge on any atom is -0.485 e. The summed E-state index contributed by atoms with van der Waals surface area (Å²) in [5.74, 6) is -0.121. The third kappa shape index (κ3) is 4.33. The Hall–Kier alpha value is -4.07. The molecule has 8 heteroatoms. The first-order valence-electron chi connectivity index (χ1n) is 9.19. The number of carbonyl (C=O) groups is 2. The molecule has 0 saturated heterocycles. The Balaban J connectivity index is 1.41. The summed E-state index contributed by atoms with van der Waals surface area (Å²) in [5.41, 5.74) is 2.94. The Bertz CT molecular complexity index is 1130. The zero-order valence-corrected chi connectivity index (χ0v) is 15.8. The van der Waals surface area contributed by atoms with Gasteiger partial charge in [0.15, 0.2) is 18.1 Å². The first-order chi connectivity index (χ1) is 14.6. The number of carbonyl (C=O) groups excluding carboxylic acids is 1. The molecule has 1 atom stereocenters. The van der Waals surface area contributed by atoms with Gasteiger partial charge >= 0.3 is 5.97 Å². The highest BCUT2D eigenvalue weighted by molar-refractivity contribution is 5.88. The van der Waals surface area contributed by atoms with E-state index in [1.165, 1.54) is 6.21 Å². The first-order valence-corrected chi connectivity index (χ1v) is 9.19. The van der Waals surface area contributed by atoms with Crippen LogP contribution in [0.25, 0.3) is 10.8 Å². The Kier molecular flexibility index (Phi) is 5.47. The smallest absolute Gasteiger partial charge is 0.341 e. The fraction of sp³-hybridized carbons (Fsp3) is 0.136. The van der Waals surface area contributed by atoms with Crippen molar-refractivity contribution in [2.45, 2.75) is 6.10 Å². The Morgan fingerprint density at radius 2 is 1.80 bits per heavy atom. The van der Waals surface area contributed by atoms with Crippen molar-refractivity contribution in [2.75, 3.05) is 13.2 Å². The topological polar surface area (TPSA) is 106 Å². The van der Waals surface area contributed by atoms with E-state index in [2.05, 4.69) is 10.5 Å². The monoisotopic (exact) mass is 406 g/mol. The van der Waals surface area contributed by atoms with Gasteiger partial charge < -0.3 is 19.3 Å². The Labute approximate surface area is 171 Å². The number of amides is 1. The maximum atomic E-state index is 12.4. The summed E-state index contributed by atoms with van der Waals surface area (Å²) >= 11 is 0. The van der Waals surface area contributed by atoms with Gasteiger partial charge in [-0.15, -0.1) is 0 Å². The number of nitrogens with zero attached hydrogens (tertiary/aromatic N) is 1. The molecule has 0 bridgehead atoms. The predicted octanol–water partition coefficient (Wildman–Crippen LogP) is 2.59. The number of para-hydroxylation sites is 1. The van der Waals surface area contributed by atoms with Crippen molar-refractivity contribution in [3.05, 3.63) is 66.2 Å². The van der Waals surface area contributed by atoms with E-state index in [1.807, 2.05) is 36.4 Å². The highest BCUT2D eigenvalue weighted by Gasteiger charge is 2.27. The lowest BCUT2D eigenvalue weighted by Gasteiger charge is -2.25. The highest BCUT2D eigenvalue weighted by Crippen LogP contribution is 2.35. The summed E-state index contributed by atoms with van der Waals surface area (Å²) in [6, 6.07) is 18.3. The zero-order chi connectivity index (χ0) is 20.9. The molecule has 30 heavy (non-hydrogen) atoms. The number of hydrogen-bond acceptors (Lipinski definition) is 6. The molecule has 0 radical (unpaired) electrons. The minimum atomic E-state index is -1.09. The molecule has 1 amide bonds. The van der Waals surface area contributed by atoms with Crippen LogP contribution in [0.15, 0.2) is 65.8 Å². The molecule has 1 aliphatic rings. The molecule has 3 aromatic rings. The number of carboxylic acids is 1. The number of hydrazone groups is 1. The van der Waals surface area contributed by atoms with E-state index >= 15 is 0 Å². The van der Waals surface area contributed by atoms with Gasteiger partial charge in [0.1, 0.15) is 12.4 Å². The second kappa shape index (κ2) is 8.52. The first kappa shape index (κ1) is 19.3. The number of aliphatic carboxylic acids is 1. The van der Waals surface area contributed by atoms with Gasteiger partial charge in [0.2, 0.25) is 6.10 Å². The van der Waals surface area contributed by atoms with Crippen LogP contribution in [0.5, 0.6) is 17.2 Å². The molecule has 152 valence electrons. The van der Waals surface area contributed by atoms with Gasteiger partial charge in [0.25, 0.3) is 5.91 Å². The SMILES string of the molecule is O=C(O)COc1ccccc1/C=N\NC(=O)[C@H]1COc2cc3ccccc3cc2O1. The van der Waals surface area contributed by atoms with Gasteiger partial charge in [-0.1, -0.05) is 36.4 Å². The van der Waals surface area contributed by atoms with E-state index in [9.17, 15) is 9.59 Å². The van der Waals surface area contributed by atoms with E-state index in [0.29, 0.717) is 22.8 Å². The lowest BCUT2D eigenvalue weighted by molar-refractivity contribution is -0.139. The number of hydrogen-bond donors (Lipinski definition) is 2. The van der Waals surface area contributed by atoms with E-state index in [-0.39, 0.29) is 6.61 Å². The fourth-order valence-electron chi connectivity index (χ4n) is 2.98. The van der Waals surface area contributed by atoms with Crippen molar-refractivity contribution in [1.82, 2.24) is 5.43 Å². The van der Waals surface area contributed by atoms with Crippen LogP contribution in [0.3, 0.4) is 0 Å². The number of carboxylic acid groups (broad SMARTS) is 1. The average molecular weight is 406 g/mol. The van der Waals surface area contributed by atoms with Crippen LogP contribution in [0.4, 0.5) is 0 Å². The number of nitrogens with one attached hydrogen (secondary N) is 1. The summed E-state index contributed by atoms with van der Waals surface area (Å²) in [7, 11) is 0. The van der Waals surface area contributed by atoms with E-state index < -0.39 is 24.6 Å². The van der Waals surface area contributed by atoms with Crippen LogP contribution in [0.2, 0.25) is 0 Å². The van der Waals surface area contributed by atoms with Crippen molar-refractivity contribution >= 4 is 28.9 Å². The predicted molar refractivity (Wildman–Crippen MR) is 109 cm³/mol. The lowest BCUT2D eigenvalue weighted by Crippen LogP contribution is -2.42. The normalized spacial score (nSPS) is 15.1. The zero-order valence-electron chi connectivity index (χ0n) is 15.8. The molecule has 0 fully saturated rings. The van der Waals surface area contributed by atoms with Crippen molar-refractivity contribution in [2.24, 2.45) is 5.10 Å². The van der Waals surface area contributed by atoms with E-state index in [1.54, 1.807) is 24.3 Å². The molecule has 8 nitrogen and oxygen atoms in total. The molecule has 0 aromatic heterocycles. The summed E-state index contributed by atoms with van der Waals surface area (Å²) in [4.78, 5) is 23.1. The maximum absolute atomic E-state index is 12.4. The second-order valence-electron chi connectivity index (χ2n) is 6.52. The molecule has 2 N–H and O–H groups in total. The van der Waals surface area contributed by atoms with Gasteiger partial charge in [0.05, 0.1) is 6.21 Å². The van der Waals surface area contributed by atoms with Crippen LogP contribution < -0.4 is 19.6 Å². The van der Waals surface area contributed by atoms with Gasteiger partial charge in [-0.2, -0.15) is 5.10 Å². The molecule has 1 heterocycles. The lowest BCUT2D eigenvalue weighted by atomic mass is 10.1. The molecule has 1 aliphatic heterocycles. The summed E-state index contributed by atoms with van der Waals surface area (Å²) in [5, 5.41) is 14.7. The number of fused-ring (bicyclic) bond motifs is 2. The highest BCUT2D eigenvalue weighted by atomic mass is 16.6. The summed E-state index contributed by atoms with van der Waals surface area (Å²) in [6.07, 6.45) is 0.523. The quantitative estimate of drug-likeness (QED) is 0.481. The van der Waals surface area contributed by atoms with Gasteiger partial charge in [-0.3, -0.25) is 4.79 Å². The Morgan fingerprint density at radius 3 is 2.57 bits per heavy atom.